The van der Waals surface area contributed by atoms with Gasteiger partial charge in [-0.2, -0.15) is 0 Å². The molecule has 3 aliphatic carbocycles. The monoisotopic (exact) mass is 510 g/mol. The molecule has 2 fully saturated rings. The number of phenolic OH excluding ortho intramolecular Hbond substituents is 1. The highest BCUT2D eigenvalue weighted by Crippen LogP contribution is 2.63. The van der Waals surface area contributed by atoms with Crippen LogP contribution in [0.3, 0.4) is 0 Å². The van der Waals surface area contributed by atoms with E-state index in [-0.39, 0.29) is 23.7 Å². The van der Waals surface area contributed by atoms with E-state index in [0.29, 0.717) is 24.3 Å². The number of ketones is 5. The molecular weight excluding hydrogens is 472 g/mol. The normalized spacial score (nSPS) is 36.2. The van der Waals surface area contributed by atoms with Crippen molar-refractivity contribution in [2.24, 2.45) is 40.4 Å². The number of carbonyl (C=O) groups is 5. The largest absolute Gasteiger partial charge is 0.507 e. The molecule has 0 spiro atoms. The molecule has 4 rings (SSSR count). The van der Waals surface area contributed by atoms with E-state index in [0.717, 1.165) is 18.9 Å². The summed E-state index contributed by atoms with van der Waals surface area (Å²) in [7, 11) is 0. The van der Waals surface area contributed by atoms with Crippen LogP contribution in [0.1, 0.15) is 82.8 Å². The lowest BCUT2D eigenvalue weighted by Crippen LogP contribution is -2.76. The lowest BCUT2D eigenvalue weighted by atomic mass is 9.40. The predicted molar refractivity (Wildman–Crippen MR) is 136 cm³/mol. The molecule has 37 heavy (non-hydrogen) atoms. The Bertz CT molecular complexity index is 1230. The molecule has 1 aromatic carbocycles. The van der Waals surface area contributed by atoms with E-state index < -0.39 is 63.1 Å². The van der Waals surface area contributed by atoms with Gasteiger partial charge in [0.25, 0.3) is 0 Å². The molecule has 200 valence electrons. The highest BCUT2D eigenvalue weighted by molar-refractivity contribution is 6.32. The van der Waals surface area contributed by atoms with Gasteiger partial charge in [0, 0.05) is 11.3 Å². The summed E-state index contributed by atoms with van der Waals surface area (Å²) in [5, 5.41) is 22.7. The first-order valence-corrected chi connectivity index (χ1v) is 13.3. The fourth-order valence-corrected chi connectivity index (χ4v) is 7.91. The van der Waals surface area contributed by atoms with Crippen molar-refractivity contribution in [1.29, 1.82) is 0 Å². The van der Waals surface area contributed by atoms with Gasteiger partial charge in [-0.05, 0) is 60.6 Å². The lowest BCUT2D eigenvalue weighted by molar-refractivity contribution is -0.205. The van der Waals surface area contributed by atoms with Crippen LogP contribution in [0.25, 0.3) is 0 Å². The van der Waals surface area contributed by atoms with Crippen LogP contribution < -0.4 is 0 Å². The molecule has 3 aliphatic rings. The molecule has 0 bridgehead atoms. The summed E-state index contributed by atoms with van der Waals surface area (Å²) in [6, 6.07) is 3.29. The fraction of sp³-hybridized carbons (Fsp3) is 0.633. The molecule has 1 aromatic rings. The van der Waals surface area contributed by atoms with E-state index >= 15 is 0 Å². The average molecular weight is 511 g/mol. The number of rotatable bonds is 5. The van der Waals surface area contributed by atoms with E-state index in [1.165, 1.54) is 6.07 Å². The molecule has 2 saturated carbocycles. The zero-order valence-electron chi connectivity index (χ0n) is 22.8. The summed E-state index contributed by atoms with van der Waals surface area (Å²) in [6.45, 7) is 12.3. The average Bonchev–Trinajstić information content (AvgIpc) is 2.77. The van der Waals surface area contributed by atoms with E-state index in [1.54, 1.807) is 20.8 Å². The molecule has 7 heteroatoms. The highest BCUT2D eigenvalue weighted by Gasteiger charge is 2.76. The van der Waals surface area contributed by atoms with Gasteiger partial charge < -0.3 is 10.2 Å². The number of hydrogen-bond acceptors (Lipinski definition) is 7. The zero-order valence-corrected chi connectivity index (χ0v) is 22.8. The van der Waals surface area contributed by atoms with Crippen molar-refractivity contribution < 1.29 is 34.2 Å². The van der Waals surface area contributed by atoms with Gasteiger partial charge in [-0.25, -0.2) is 0 Å². The predicted octanol–water partition coefficient (Wildman–Crippen LogP) is 3.68. The summed E-state index contributed by atoms with van der Waals surface area (Å²) in [4.78, 5) is 67.8. The Morgan fingerprint density at radius 1 is 1.08 bits per heavy atom. The third-order valence-electron chi connectivity index (χ3n) is 9.63. The standard InChI is InChI=1S/C30H38O7/c1-8-15(4)11-17-9-10-19(32)21-18(17)12-28(6)13-29(7)22(14(2)3)24(33)20(16(5)31)26(35)30(29,37)27(36)23(28)25(21)34/h9-10,14-15,20,22-23,32,37H,8,11-13H2,1-7H3/t15?,20?,22?,23?,28-,29-,30+/m1/s1. The van der Waals surface area contributed by atoms with Crippen molar-refractivity contribution in [3.05, 3.63) is 28.8 Å². The van der Waals surface area contributed by atoms with Crippen LogP contribution in [0.4, 0.5) is 0 Å². The van der Waals surface area contributed by atoms with Crippen molar-refractivity contribution in [2.45, 2.75) is 79.8 Å². The third kappa shape index (κ3) is 3.53. The Hall–Kier alpha value is -2.67. The van der Waals surface area contributed by atoms with Gasteiger partial charge in [0.15, 0.2) is 28.7 Å². The van der Waals surface area contributed by atoms with Crippen molar-refractivity contribution >= 4 is 28.9 Å². The van der Waals surface area contributed by atoms with Crippen LogP contribution in [0, 0.1) is 40.4 Å². The SMILES string of the molecule is CCC(C)Cc1ccc(O)c2c1C[C@]1(C)C[C@]3(C)C(C(C)C)C(=O)C(C(C)=O)C(=O)[C@]3(O)C(=O)C1C2=O. The Kier molecular flexibility index (Phi) is 6.42. The van der Waals surface area contributed by atoms with Gasteiger partial charge in [0.05, 0.1) is 11.5 Å². The lowest BCUT2D eigenvalue weighted by Gasteiger charge is -2.62. The number of phenols is 1. The quantitative estimate of drug-likeness (QED) is 0.579. The maximum atomic E-state index is 14.2. The summed E-state index contributed by atoms with van der Waals surface area (Å²) < 4.78 is 0. The zero-order chi connectivity index (χ0) is 27.8. The van der Waals surface area contributed by atoms with Gasteiger partial charge in [0.1, 0.15) is 17.5 Å². The first-order chi connectivity index (χ1) is 17.1. The number of Topliss-reactive ketones (excluding diaryl/α,β-unsaturated/α-hetero) is 5. The second-order valence-electron chi connectivity index (χ2n) is 12.6. The number of carbonyl (C=O) groups excluding carboxylic acids is 5. The summed E-state index contributed by atoms with van der Waals surface area (Å²) in [5.41, 5.74) is -3.44. The number of aromatic hydroxyl groups is 1. The Balaban J connectivity index is 1.95. The molecule has 0 aliphatic heterocycles. The molecule has 0 radical (unpaired) electrons. The molecule has 7 nitrogen and oxygen atoms in total. The van der Waals surface area contributed by atoms with E-state index in [4.69, 9.17) is 0 Å². The second-order valence-corrected chi connectivity index (χ2v) is 12.6. The van der Waals surface area contributed by atoms with E-state index in [2.05, 4.69) is 13.8 Å². The molecule has 0 aromatic heterocycles. The maximum Gasteiger partial charge on any atom is 0.190 e. The van der Waals surface area contributed by atoms with Crippen LogP contribution in [0.5, 0.6) is 5.75 Å². The van der Waals surface area contributed by atoms with Crippen molar-refractivity contribution in [2.75, 3.05) is 0 Å². The first kappa shape index (κ1) is 27.4. The van der Waals surface area contributed by atoms with Crippen LogP contribution in [-0.2, 0) is 32.0 Å². The molecule has 7 atom stereocenters. The minimum atomic E-state index is -2.66. The Morgan fingerprint density at radius 2 is 1.70 bits per heavy atom. The summed E-state index contributed by atoms with van der Waals surface area (Å²) in [5.74, 6) is -8.25. The number of fused-ring (bicyclic) bond motifs is 3. The number of benzene rings is 1. The molecule has 0 saturated heterocycles. The van der Waals surface area contributed by atoms with Gasteiger partial charge in [-0.3, -0.25) is 24.0 Å². The van der Waals surface area contributed by atoms with E-state index in [1.807, 2.05) is 13.0 Å². The van der Waals surface area contributed by atoms with Crippen LogP contribution >= 0.6 is 0 Å². The smallest absolute Gasteiger partial charge is 0.190 e. The van der Waals surface area contributed by atoms with Crippen LogP contribution in [0.15, 0.2) is 12.1 Å². The van der Waals surface area contributed by atoms with Crippen LogP contribution in [-0.4, -0.2) is 44.7 Å². The van der Waals surface area contributed by atoms with E-state index in [9.17, 15) is 34.2 Å². The minimum absolute atomic E-state index is 0.0709. The van der Waals surface area contributed by atoms with Crippen molar-refractivity contribution in [1.82, 2.24) is 0 Å². The van der Waals surface area contributed by atoms with Gasteiger partial charge in [-0.15, -0.1) is 0 Å². The molecule has 2 N–H and O–H groups in total. The molecule has 0 amide bonds. The molecule has 4 unspecified atom stereocenters. The first-order valence-electron chi connectivity index (χ1n) is 13.3. The fourth-order valence-electron chi connectivity index (χ4n) is 7.91. The van der Waals surface area contributed by atoms with Gasteiger partial charge in [0.2, 0.25) is 0 Å². The maximum absolute atomic E-state index is 14.2. The topological polar surface area (TPSA) is 126 Å². The van der Waals surface area contributed by atoms with Crippen LogP contribution in [0.2, 0.25) is 0 Å². The third-order valence-corrected chi connectivity index (χ3v) is 9.63. The molecular formula is C30H38O7. The number of hydrogen-bond donors (Lipinski definition) is 2. The molecule has 0 heterocycles. The highest BCUT2D eigenvalue weighted by atomic mass is 16.3. The summed E-state index contributed by atoms with van der Waals surface area (Å²) >= 11 is 0. The Morgan fingerprint density at radius 3 is 2.24 bits per heavy atom. The van der Waals surface area contributed by atoms with Gasteiger partial charge in [-0.1, -0.05) is 54.0 Å². The van der Waals surface area contributed by atoms with Crippen molar-refractivity contribution in [3.63, 3.8) is 0 Å². The second kappa shape index (κ2) is 8.69. The minimum Gasteiger partial charge on any atom is -0.507 e. The van der Waals surface area contributed by atoms with Gasteiger partial charge >= 0.3 is 0 Å². The summed E-state index contributed by atoms with van der Waals surface area (Å²) in [6.07, 6.45) is 2.00. The van der Waals surface area contributed by atoms with Crippen molar-refractivity contribution in [3.8, 4) is 5.75 Å². The number of aliphatic hydroxyl groups is 1. The Labute approximate surface area is 218 Å².